The van der Waals surface area contributed by atoms with E-state index in [2.05, 4.69) is 10.1 Å². The molecule has 1 aliphatic heterocycles. The van der Waals surface area contributed by atoms with E-state index in [-0.39, 0.29) is 11.9 Å². The predicted molar refractivity (Wildman–Crippen MR) is 103 cm³/mol. The van der Waals surface area contributed by atoms with Gasteiger partial charge in [-0.25, -0.2) is 9.59 Å². The molecule has 1 fully saturated rings. The lowest BCUT2D eigenvalue weighted by molar-refractivity contribution is -0.135. The molecule has 0 aromatic carbocycles. The molecule has 1 aliphatic rings. The van der Waals surface area contributed by atoms with Crippen molar-refractivity contribution < 1.29 is 23.9 Å². The Kier molecular flexibility index (Phi) is 8.79. The maximum atomic E-state index is 12.9. The molecule has 7 heteroatoms. The first-order valence-corrected chi connectivity index (χ1v) is 9.59. The van der Waals surface area contributed by atoms with Crippen LogP contribution in [0.1, 0.15) is 60.3 Å². The molecule has 2 atom stereocenters. The van der Waals surface area contributed by atoms with Crippen LogP contribution in [-0.2, 0) is 19.1 Å². The van der Waals surface area contributed by atoms with Gasteiger partial charge >= 0.3 is 12.1 Å². The van der Waals surface area contributed by atoms with E-state index in [0.717, 1.165) is 12.8 Å². The Morgan fingerprint density at radius 2 is 1.89 bits per heavy atom. The normalized spacial score (nSPS) is 19.1. The Labute approximate surface area is 162 Å². The first kappa shape index (κ1) is 23.0. The summed E-state index contributed by atoms with van der Waals surface area (Å²) in [5.74, 6) is -0.363. The van der Waals surface area contributed by atoms with Gasteiger partial charge in [-0.05, 0) is 52.4 Å². The predicted octanol–water partition coefficient (Wildman–Crippen LogP) is 3.04. The van der Waals surface area contributed by atoms with Crippen LogP contribution in [0, 0.1) is 5.92 Å². The third kappa shape index (κ3) is 8.45. The second-order valence-corrected chi connectivity index (χ2v) is 8.31. The van der Waals surface area contributed by atoms with E-state index in [1.54, 1.807) is 26.8 Å². The highest BCUT2D eigenvalue weighted by atomic mass is 16.6. The number of rotatable bonds is 6. The average molecular weight is 383 g/mol. The maximum Gasteiger partial charge on any atom is 0.410 e. The number of hydrogen-bond acceptors (Lipinski definition) is 5. The Morgan fingerprint density at radius 1 is 1.22 bits per heavy atom. The summed E-state index contributed by atoms with van der Waals surface area (Å²) in [6.45, 7) is 10.00. The van der Waals surface area contributed by atoms with Gasteiger partial charge in [0, 0.05) is 18.7 Å². The van der Waals surface area contributed by atoms with Crippen molar-refractivity contribution in [2.75, 3.05) is 13.7 Å². The van der Waals surface area contributed by atoms with Gasteiger partial charge in [-0.15, -0.1) is 0 Å². The van der Waals surface area contributed by atoms with Gasteiger partial charge in [-0.2, -0.15) is 0 Å². The molecular formula is C20H34N2O5. The number of amides is 2. The van der Waals surface area contributed by atoms with Gasteiger partial charge in [0.25, 0.3) is 0 Å². The summed E-state index contributed by atoms with van der Waals surface area (Å²) >= 11 is 0. The minimum Gasteiger partial charge on any atom is -0.466 e. The SMILES string of the molecule is COC(=O)C=C[C@H](CC(C)C)NC(=O)[C@@H]1CCCCN1C(=O)OC(C)(C)C. The van der Waals surface area contributed by atoms with E-state index in [4.69, 9.17) is 4.74 Å². The molecule has 0 unspecified atom stereocenters. The summed E-state index contributed by atoms with van der Waals surface area (Å²) in [4.78, 5) is 38.3. The Bertz CT molecular complexity index is 551. The Morgan fingerprint density at radius 3 is 2.44 bits per heavy atom. The minimum atomic E-state index is -0.612. The lowest BCUT2D eigenvalue weighted by Gasteiger charge is -2.36. The number of nitrogens with zero attached hydrogens (tertiary/aromatic N) is 1. The molecule has 2 amide bonds. The van der Waals surface area contributed by atoms with Crippen LogP contribution in [0.3, 0.4) is 0 Å². The van der Waals surface area contributed by atoms with Crippen LogP contribution in [0.25, 0.3) is 0 Å². The zero-order valence-electron chi connectivity index (χ0n) is 17.4. The van der Waals surface area contributed by atoms with Gasteiger partial charge in [0.2, 0.25) is 5.91 Å². The largest absolute Gasteiger partial charge is 0.466 e. The molecule has 1 N–H and O–H groups in total. The van der Waals surface area contributed by atoms with Gasteiger partial charge in [0.15, 0.2) is 0 Å². The second-order valence-electron chi connectivity index (χ2n) is 8.31. The van der Waals surface area contributed by atoms with Crippen molar-refractivity contribution in [3.05, 3.63) is 12.2 Å². The molecule has 7 nitrogen and oxygen atoms in total. The number of hydrogen-bond donors (Lipinski definition) is 1. The molecule has 0 bridgehead atoms. The highest BCUT2D eigenvalue weighted by Crippen LogP contribution is 2.21. The number of esters is 1. The monoisotopic (exact) mass is 382 g/mol. The van der Waals surface area contributed by atoms with Crippen molar-refractivity contribution in [2.45, 2.75) is 78.0 Å². The van der Waals surface area contributed by atoms with Gasteiger partial charge in [0.05, 0.1) is 7.11 Å². The number of likely N-dealkylation sites (tertiary alicyclic amines) is 1. The Hall–Kier alpha value is -2.05. The fraction of sp³-hybridized carbons (Fsp3) is 0.750. The molecular weight excluding hydrogens is 348 g/mol. The smallest absolute Gasteiger partial charge is 0.410 e. The molecule has 27 heavy (non-hydrogen) atoms. The van der Waals surface area contributed by atoms with E-state index in [0.29, 0.717) is 25.3 Å². The fourth-order valence-electron chi connectivity index (χ4n) is 2.98. The molecule has 0 spiro atoms. The van der Waals surface area contributed by atoms with E-state index in [1.807, 2.05) is 13.8 Å². The van der Waals surface area contributed by atoms with E-state index < -0.39 is 23.7 Å². The fourth-order valence-corrected chi connectivity index (χ4v) is 2.98. The average Bonchev–Trinajstić information content (AvgIpc) is 2.57. The number of methoxy groups -OCH3 is 1. The van der Waals surface area contributed by atoms with E-state index in [1.165, 1.54) is 18.1 Å². The summed E-state index contributed by atoms with van der Waals surface area (Å²) in [6.07, 6.45) is 5.50. The van der Waals surface area contributed by atoms with Gasteiger partial charge in [-0.3, -0.25) is 9.69 Å². The topological polar surface area (TPSA) is 84.9 Å². The molecule has 1 heterocycles. The molecule has 0 aliphatic carbocycles. The lowest BCUT2D eigenvalue weighted by Crippen LogP contribution is -2.54. The molecule has 0 radical (unpaired) electrons. The standard InChI is InChI=1S/C20H34N2O5/c1-14(2)13-15(10-11-17(23)26-6)21-18(24)16-9-7-8-12-22(16)19(25)27-20(3,4)5/h10-11,14-16H,7-9,12-13H2,1-6H3,(H,21,24)/t15-,16+/m1/s1. The number of nitrogens with one attached hydrogen (secondary N) is 1. The summed E-state index contributed by atoms with van der Waals surface area (Å²) in [7, 11) is 1.31. The van der Waals surface area contributed by atoms with Gasteiger partial charge in [0.1, 0.15) is 11.6 Å². The van der Waals surface area contributed by atoms with E-state index >= 15 is 0 Å². The maximum absolute atomic E-state index is 12.9. The molecule has 0 saturated carbocycles. The molecule has 1 rings (SSSR count). The summed E-state index contributed by atoms with van der Waals surface area (Å²) in [5, 5.41) is 2.96. The van der Waals surface area contributed by atoms with Crippen LogP contribution < -0.4 is 5.32 Å². The first-order chi connectivity index (χ1) is 12.5. The van der Waals surface area contributed by atoms with Crippen LogP contribution in [0.2, 0.25) is 0 Å². The van der Waals surface area contributed by atoms with Crippen LogP contribution in [-0.4, -0.2) is 54.2 Å². The second kappa shape index (κ2) is 10.3. The van der Waals surface area contributed by atoms with Crippen LogP contribution in [0.15, 0.2) is 12.2 Å². The molecule has 0 aromatic rings. The number of piperidine rings is 1. The summed E-state index contributed by atoms with van der Waals surface area (Å²) in [6, 6.07) is -0.867. The first-order valence-electron chi connectivity index (χ1n) is 9.59. The molecule has 1 saturated heterocycles. The van der Waals surface area contributed by atoms with Crippen LogP contribution in [0.4, 0.5) is 4.79 Å². The number of carbonyl (C=O) groups is 3. The van der Waals surface area contributed by atoms with Crippen molar-refractivity contribution in [2.24, 2.45) is 5.92 Å². The third-order valence-electron chi connectivity index (χ3n) is 4.15. The van der Waals surface area contributed by atoms with E-state index in [9.17, 15) is 14.4 Å². The Balaban J connectivity index is 2.85. The van der Waals surface area contributed by atoms with Crippen molar-refractivity contribution in [3.63, 3.8) is 0 Å². The highest BCUT2D eigenvalue weighted by Gasteiger charge is 2.35. The zero-order valence-corrected chi connectivity index (χ0v) is 17.4. The number of carbonyl (C=O) groups excluding carboxylic acids is 3. The quantitative estimate of drug-likeness (QED) is 0.564. The highest BCUT2D eigenvalue weighted by molar-refractivity contribution is 5.86. The van der Waals surface area contributed by atoms with Gasteiger partial charge in [-0.1, -0.05) is 19.9 Å². The van der Waals surface area contributed by atoms with Gasteiger partial charge < -0.3 is 14.8 Å². The summed E-state index contributed by atoms with van der Waals surface area (Å²) < 4.78 is 10.1. The van der Waals surface area contributed by atoms with Crippen molar-refractivity contribution in [3.8, 4) is 0 Å². The van der Waals surface area contributed by atoms with Crippen LogP contribution in [0.5, 0.6) is 0 Å². The van der Waals surface area contributed by atoms with Crippen molar-refractivity contribution in [1.82, 2.24) is 10.2 Å². The lowest BCUT2D eigenvalue weighted by atomic mass is 9.99. The molecule has 154 valence electrons. The third-order valence-corrected chi connectivity index (χ3v) is 4.15. The number of ether oxygens (including phenoxy) is 2. The van der Waals surface area contributed by atoms with Crippen molar-refractivity contribution >= 4 is 18.0 Å². The molecule has 0 aromatic heterocycles. The minimum absolute atomic E-state index is 0.222. The summed E-state index contributed by atoms with van der Waals surface area (Å²) in [5.41, 5.74) is -0.612. The van der Waals surface area contributed by atoms with Crippen molar-refractivity contribution in [1.29, 1.82) is 0 Å². The zero-order chi connectivity index (χ0) is 20.6. The van der Waals surface area contributed by atoms with Crippen LogP contribution >= 0.6 is 0 Å².